The molecule has 0 bridgehead atoms. The molecular weight excluding hydrogens is 232 g/mol. The highest BCUT2D eigenvalue weighted by atomic mass is 16.6. The highest BCUT2D eigenvalue weighted by Gasteiger charge is 2.38. The van der Waals surface area contributed by atoms with E-state index in [9.17, 15) is 15.2 Å². The van der Waals surface area contributed by atoms with Crippen LogP contribution in [0.15, 0.2) is 54.7 Å². The van der Waals surface area contributed by atoms with E-state index in [-0.39, 0.29) is 5.69 Å². The van der Waals surface area contributed by atoms with Gasteiger partial charge in [0.05, 0.1) is 5.69 Å². The molecule has 0 fully saturated rings. The Balaban J connectivity index is 2.51. The van der Waals surface area contributed by atoms with E-state index < -0.39 is 17.1 Å². The molecule has 1 heterocycles. The fraction of sp³-hybridized carbons (Fsp3) is 0.154. The highest BCUT2D eigenvalue weighted by Crippen LogP contribution is 2.28. The zero-order valence-electron chi connectivity index (χ0n) is 9.56. The second-order valence-electron chi connectivity index (χ2n) is 3.93. The number of benzene rings is 1. The zero-order valence-corrected chi connectivity index (χ0v) is 9.56. The van der Waals surface area contributed by atoms with E-state index in [4.69, 9.17) is 0 Å². The first kappa shape index (κ1) is 12.2. The molecule has 1 aromatic carbocycles. The molecule has 0 aliphatic heterocycles. The first-order valence-electron chi connectivity index (χ1n) is 5.44. The Morgan fingerprint density at radius 2 is 1.83 bits per heavy atom. The number of nitrogens with zero attached hydrogens (tertiary/aromatic N) is 2. The third-order valence-electron chi connectivity index (χ3n) is 2.70. The SMILES string of the molecule is O=[N+]([O-])C[C@@](O)(c1ccccc1)c1ccccn1. The maximum absolute atomic E-state index is 10.8. The molecule has 5 heteroatoms. The van der Waals surface area contributed by atoms with Crippen molar-refractivity contribution >= 4 is 0 Å². The van der Waals surface area contributed by atoms with Gasteiger partial charge in [-0.1, -0.05) is 36.4 Å². The summed E-state index contributed by atoms with van der Waals surface area (Å²) in [6.45, 7) is -0.617. The Hall–Kier alpha value is -2.27. The van der Waals surface area contributed by atoms with Crippen LogP contribution in [0.4, 0.5) is 0 Å². The van der Waals surface area contributed by atoms with Crippen molar-refractivity contribution < 1.29 is 10.0 Å². The Morgan fingerprint density at radius 3 is 2.39 bits per heavy atom. The first-order chi connectivity index (χ1) is 8.63. The summed E-state index contributed by atoms with van der Waals surface area (Å²) >= 11 is 0. The lowest BCUT2D eigenvalue weighted by molar-refractivity contribution is -0.499. The van der Waals surface area contributed by atoms with Gasteiger partial charge in [-0.2, -0.15) is 0 Å². The first-order valence-corrected chi connectivity index (χ1v) is 5.44. The molecular formula is C13H12N2O3. The van der Waals surface area contributed by atoms with Crippen LogP contribution in [-0.4, -0.2) is 21.6 Å². The van der Waals surface area contributed by atoms with Gasteiger partial charge in [0, 0.05) is 11.1 Å². The maximum Gasteiger partial charge on any atom is 0.242 e. The average molecular weight is 244 g/mol. The summed E-state index contributed by atoms with van der Waals surface area (Å²) in [6.07, 6.45) is 1.50. The largest absolute Gasteiger partial charge is 0.373 e. The summed E-state index contributed by atoms with van der Waals surface area (Å²) in [4.78, 5) is 14.3. The van der Waals surface area contributed by atoms with Crippen LogP contribution < -0.4 is 0 Å². The summed E-state index contributed by atoms with van der Waals surface area (Å²) in [5, 5.41) is 21.4. The van der Waals surface area contributed by atoms with Gasteiger partial charge >= 0.3 is 0 Å². The highest BCUT2D eigenvalue weighted by molar-refractivity contribution is 5.32. The molecule has 5 nitrogen and oxygen atoms in total. The van der Waals surface area contributed by atoms with Gasteiger partial charge in [-0.3, -0.25) is 15.1 Å². The van der Waals surface area contributed by atoms with Gasteiger partial charge in [-0.15, -0.1) is 0 Å². The Labute approximate surface area is 104 Å². The molecule has 0 saturated carbocycles. The molecule has 18 heavy (non-hydrogen) atoms. The third-order valence-corrected chi connectivity index (χ3v) is 2.70. The Kier molecular flexibility index (Phi) is 3.34. The molecule has 2 rings (SSSR count). The van der Waals surface area contributed by atoms with Crippen molar-refractivity contribution in [2.45, 2.75) is 5.60 Å². The van der Waals surface area contributed by atoms with Crippen molar-refractivity contribution in [2.75, 3.05) is 6.54 Å². The lowest BCUT2D eigenvalue weighted by Gasteiger charge is -2.23. The van der Waals surface area contributed by atoms with E-state index in [0.717, 1.165) is 0 Å². The smallest absolute Gasteiger partial charge is 0.242 e. The maximum atomic E-state index is 10.8. The monoisotopic (exact) mass is 244 g/mol. The summed E-state index contributed by atoms with van der Waals surface area (Å²) < 4.78 is 0. The summed E-state index contributed by atoms with van der Waals surface area (Å²) in [6, 6.07) is 13.5. The van der Waals surface area contributed by atoms with E-state index in [0.29, 0.717) is 5.56 Å². The zero-order chi connectivity index (χ0) is 13.0. The van der Waals surface area contributed by atoms with Crippen molar-refractivity contribution in [1.82, 2.24) is 4.98 Å². The van der Waals surface area contributed by atoms with Crippen LogP contribution in [0.3, 0.4) is 0 Å². The van der Waals surface area contributed by atoms with Crippen LogP contribution in [0.2, 0.25) is 0 Å². The number of nitro groups is 1. The normalized spacial score (nSPS) is 13.8. The van der Waals surface area contributed by atoms with E-state index in [1.54, 1.807) is 48.5 Å². The quantitative estimate of drug-likeness (QED) is 0.654. The van der Waals surface area contributed by atoms with Crippen LogP contribution in [0, 0.1) is 10.1 Å². The van der Waals surface area contributed by atoms with Crippen LogP contribution in [0.25, 0.3) is 0 Å². The minimum Gasteiger partial charge on any atom is -0.373 e. The van der Waals surface area contributed by atoms with Gasteiger partial charge in [-0.25, -0.2) is 0 Å². The number of hydrogen-bond acceptors (Lipinski definition) is 4. The van der Waals surface area contributed by atoms with Crippen molar-refractivity contribution in [3.8, 4) is 0 Å². The van der Waals surface area contributed by atoms with Crippen molar-refractivity contribution in [3.63, 3.8) is 0 Å². The van der Waals surface area contributed by atoms with Crippen LogP contribution >= 0.6 is 0 Å². The Morgan fingerprint density at radius 1 is 1.17 bits per heavy atom. The molecule has 92 valence electrons. The van der Waals surface area contributed by atoms with Crippen LogP contribution in [0.5, 0.6) is 0 Å². The third kappa shape index (κ3) is 2.36. The number of hydrogen-bond donors (Lipinski definition) is 1. The van der Waals surface area contributed by atoms with Gasteiger partial charge in [0.1, 0.15) is 0 Å². The summed E-state index contributed by atoms with van der Waals surface area (Å²) in [5.74, 6) is 0. The number of pyridine rings is 1. The molecule has 0 aliphatic carbocycles. The molecule has 0 spiro atoms. The summed E-state index contributed by atoms with van der Waals surface area (Å²) in [7, 11) is 0. The molecule has 2 aromatic rings. The average Bonchev–Trinajstić information content (AvgIpc) is 2.40. The second kappa shape index (κ2) is 4.93. The lowest BCUT2D eigenvalue weighted by Crippen LogP contribution is -2.36. The van der Waals surface area contributed by atoms with E-state index in [1.165, 1.54) is 6.20 Å². The predicted molar refractivity (Wildman–Crippen MR) is 65.5 cm³/mol. The van der Waals surface area contributed by atoms with Crippen LogP contribution in [-0.2, 0) is 5.60 Å². The topological polar surface area (TPSA) is 76.3 Å². The molecule has 1 aromatic heterocycles. The standard InChI is InChI=1S/C13H12N2O3/c16-13(10-15(17)18,11-6-2-1-3-7-11)12-8-4-5-9-14-12/h1-9,16H,10H2/t13-/m1/s1. The predicted octanol–water partition coefficient (Wildman–Crippen LogP) is 1.59. The Bertz CT molecular complexity index is 489. The van der Waals surface area contributed by atoms with Crippen molar-refractivity contribution in [1.29, 1.82) is 0 Å². The van der Waals surface area contributed by atoms with E-state index >= 15 is 0 Å². The van der Waals surface area contributed by atoms with Crippen molar-refractivity contribution in [3.05, 3.63) is 76.1 Å². The van der Waals surface area contributed by atoms with E-state index in [2.05, 4.69) is 4.98 Å². The van der Waals surface area contributed by atoms with Crippen molar-refractivity contribution in [2.24, 2.45) is 0 Å². The molecule has 1 atom stereocenters. The minimum atomic E-state index is -1.70. The number of aliphatic hydroxyl groups is 1. The molecule has 0 aliphatic rings. The fourth-order valence-corrected chi connectivity index (χ4v) is 1.83. The minimum absolute atomic E-state index is 0.271. The van der Waals surface area contributed by atoms with Gasteiger partial charge in [0.25, 0.3) is 0 Å². The molecule has 0 saturated heterocycles. The van der Waals surface area contributed by atoms with Gasteiger partial charge in [-0.05, 0) is 17.7 Å². The lowest BCUT2D eigenvalue weighted by atomic mass is 9.90. The van der Waals surface area contributed by atoms with Gasteiger partial charge < -0.3 is 5.11 Å². The van der Waals surface area contributed by atoms with Gasteiger partial charge in [0.15, 0.2) is 5.60 Å². The molecule has 0 radical (unpaired) electrons. The molecule has 1 N–H and O–H groups in total. The van der Waals surface area contributed by atoms with Gasteiger partial charge in [0.2, 0.25) is 6.54 Å². The number of rotatable bonds is 4. The summed E-state index contributed by atoms with van der Waals surface area (Å²) in [5.41, 5.74) is -0.972. The second-order valence-corrected chi connectivity index (χ2v) is 3.93. The van der Waals surface area contributed by atoms with Crippen LogP contribution in [0.1, 0.15) is 11.3 Å². The molecule has 0 unspecified atom stereocenters. The molecule has 0 amide bonds. The van der Waals surface area contributed by atoms with E-state index in [1.807, 2.05) is 0 Å². The number of aromatic nitrogens is 1. The fourth-order valence-electron chi connectivity index (χ4n) is 1.83.